The molecule has 0 radical (unpaired) electrons. The summed E-state index contributed by atoms with van der Waals surface area (Å²) in [6, 6.07) is 5.72. The lowest BCUT2D eigenvalue weighted by Gasteiger charge is -2.41. The zero-order chi connectivity index (χ0) is 21.0. The highest BCUT2D eigenvalue weighted by atomic mass is 79.9. The topological polar surface area (TPSA) is 43.4 Å². The van der Waals surface area contributed by atoms with Crippen molar-refractivity contribution in [1.82, 2.24) is 0 Å². The summed E-state index contributed by atoms with van der Waals surface area (Å²) in [7, 11) is -1.14. The fraction of sp³-hybridized carbons (Fsp3) is 0.667. The summed E-state index contributed by atoms with van der Waals surface area (Å²) in [5.41, 5.74) is 0.246. The molecule has 0 aliphatic rings. The van der Waals surface area contributed by atoms with Crippen LogP contribution in [0, 0.1) is 11.8 Å². The van der Waals surface area contributed by atoms with Crippen LogP contribution in [0.2, 0.25) is 5.02 Å². The van der Waals surface area contributed by atoms with Crippen LogP contribution in [-0.4, -0.2) is 27.3 Å². The first-order chi connectivity index (χ1) is 12.4. The molecule has 0 N–H and O–H groups in total. The lowest BCUT2D eigenvalue weighted by Crippen LogP contribution is -2.47. The molecule has 6 heteroatoms. The maximum Gasteiger partial charge on any atom is 0.310 e. The number of esters is 1. The van der Waals surface area contributed by atoms with Gasteiger partial charge in [0, 0.05) is 31.2 Å². The first kappa shape index (κ1) is 24.6. The van der Waals surface area contributed by atoms with Gasteiger partial charge in [-0.15, -0.1) is 0 Å². The Bertz CT molecular complexity index is 686. The summed E-state index contributed by atoms with van der Waals surface area (Å²) < 4.78 is 19.0. The molecule has 3 nitrogen and oxygen atoms in total. The standard InChI is InChI=1S/C21H32BrClO3S/c1-8-14(3)18(19(24)26-9-2)21(7,13-27(25)20(4,5)6)15-10-11-16(22)17(23)12-15/h10-12,14,18H,8-9,13H2,1-7H3/t14-,18?,21-,27+/m0/s1. The Morgan fingerprint density at radius 1 is 1.26 bits per heavy atom. The Morgan fingerprint density at radius 3 is 2.30 bits per heavy atom. The normalized spacial score (nSPS) is 17.7. The van der Waals surface area contributed by atoms with Crippen LogP contribution in [0.25, 0.3) is 0 Å². The van der Waals surface area contributed by atoms with E-state index in [2.05, 4.69) is 29.8 Å². The van der Waals surface area contributed by atoms with Crippen molar-refractivity contribution in [1.29, 1.82) is 0 Å². The average Bonchev–Trinajstić information content (AvgIpc) is 2.56. The van der Waals surface area contributed by atoms with E-state index in [-0.39, 0.29) is 16.6 Å². The molecule has 1 aromatic rings. The summed E-state index contributed by atoms with van der Waals surface area (Å²) in [5.74, 6) is -0.207. The van der Waals surface area contributed by atoms with E-state index < -0.39 is 22.1 Å². The van der Waals surface area contributed by atoms with Gasteiger partial charge in [-0.2, -0.15) is 0 Å². The highest BCUT2D eigenvalue weighted by molar-refractivity contribution is 9.10. The van der Waals surface area contributed by atoms with Crippen molar-refractivity contribution < 1.29 is 13.7 Å². The number of hydrogen-bond acceptors (Lipinski definition) is 3. The smallest absolute Gasteiger partial charge is 0.310 e. The van der Waals surface area contributed by atoms with Crippen LogP contribution in [-0.2, 0) is 25.7 Å². The van der Waals surface area contributed by atoms with E-state index >= 15 is 0 Å². The second-order valence-electron chi connectivity index (χ2n) is 8.26. The van der Waals surface area contributed by atoms with E-state index in [1.807, 2.05) is 52.8 Å². The summed E-state index contributed by atoms with van der Waals surface area (Å²) in [6.07, 6.45) is 0.825. The van der Waals surface area contributed by atoms with Gasteiger partial charge < -0.3 is 4.74 Å². The van der Waals surface area contributed by atoms with Crippen molar-refractivity contribution in [3.8, 4) is 0 Å². The Morgan fingerprint density at radius 2 is 1.85 bits per heavy atom. The van der Waals surface area contributed by atoms with Gasteiger partial charge in [0.2, 0.25) is 0 Å². The van der Waals surface area contributed by atoms with E-state index in [1.165, 1.54) is 0 Å². The zero-order valence-corrected chi connectivity index (χ0v) is 20.6. The molecule has 0 bridgehead atoms. The molecule has 1 unspecified atom stereocenters. The summed E-state index contributed by atoms with van der Waals surface area (Å²) in [5, 5.41) is 0.576. The highest BCUT2D eigenvalue weighted by Gasteiger charge is 2.46. The first-order valence-electron chi connectivity index (χ1n) is 9.39. The third kappa shape index (κ3) is 6.04. The van der Waals surface area contributed by atoms with Crippen molar-refractivity contribution in [3.05, 3.63) is 33.3 Å². The van der Waals surface area contributed by atoms with Gasteiger partial charge in [-0.1, -0.05) is 44.9 Å². The molecule has 1 rings (SSSR count). The van der Waals surface area contributed by atoms with Gasteiger partial charge in [-0.05, 0) is 67.2 Å². The SMILES string of the molecule is CCOC(=O)C([C@@H](C)CC)[C@@](C)(C[S@@](=O)C(C)(C)C)c1ccc(Br)c(Cl)c1. The Balaban J connectivity index is 3.60. The Kier molecular flexibility index (Phi) is 9.02. The molecule has 1 aromatic carbocycles. The molecule has 4 atom stereocenters. The molecule has 154 valence electrons. The predicted octanol–water partition coefficient (Wildman–Crippen LogP) is 6.13. The third-order valence-corrected chi connectivity index (χ3v) is 8.59. The van der Waals surface area contributed by atoms with E-state index in [0.717, 1.165) is 16.5 Å². The van der Waals surface area contributed by atoms with E-state index in [1.54, 1.807) is 0 Å². The predicted molar refractivity (Wildman–Crippen MR) is 119 cm³/mol. The highest BCUT2D eigenvalue weighted by Crippen LogP contribution is 2.42. The number of rotatable bonds is 8. The number of halogens is 2. The van der Waals surface area contributed by atoms with Gasteiger partial charge in [0.15, 0.2) is 0 Å². The minimum absolute atomic E-state index is 0.0773. The minimum Gasteiger partial charge on any atom is -0.466 e. The average molecular weight is 480 g/mol. The van der Waals surface area contributed by atoms with Gasteiger partial charge in [-0.3, -0.25) is 9.00 Å². The fourth-order valence-corrected chi connectivity index (χ4v) is 5.03. The van der Waals surface area contributed by atoms with Crippen molar-refractivity contribution in [2.75, 3.05) is 12.4 Å². The van der Waals surface area contributed by atoms with Crippen molar-refractivity contribution in [2.24, 2.45) is 11.8 Å². The van der Waals surface area contributed by atoms with Gasteiger partial charge in [0.25, 0.3) is 0 Å². The molecular formula is C21H32BrClO3S. The van der Waals surface area contributed by atoms with Gasteiger partial charge in [0.1, 0.15) is 0 Å². The number of benzene rings is 1. The summed E-state index contributed by atoms with van der Waals surface area (Å²) in [6.45, 7) is 14.1. The maximum absolute atomic E-state index is 13.1. The van der Waals surface area contributed by atoms with Gasteiger partial charge in [-0.25, -0.2) is 0 Å². The second kappa shape index (κ2) is 9.89. The zero-order valence-electron chi connectivity index (χ0n) is 17.4. The van der Waals surface area contributed by atoms with Crippen LogP contribution in [0.15, 0.2) is 22.7 Å². The molecule has 0 saturated heterocycles. The summed E-state index contributed by atoms with van der Waals surface area (Å²) >= 11 is 9.79. The molecule has 0 aliphatic carbocycles. The monoisotopic (exact) mass is 478 g/mol. The summed E-state index contributed by atoms with van der Waals surface area (Å²) in [4.78, 5) is 13.0. The van der Waals surface area contributed by atoms with E-state index in [4.69, 9.17) is 16.3 Å². The van der Waals surface area contributed by atoms with E-state index in [9.17, 15) is 9.00 Å². The molecule has 0 spiro atoms. The molecule has 0 aliphatic heterocycles. The minimum atomic E-state index is -1.14. The molecule has 0 aromatic heterocycles. The number of hydrogen-bond donors (Lipinski definition) is 0. The van der Waals surface area contributed by atoms with Crippen LogP contribution in [0.4, 0.5) is 0 Å². The molecular weight excluding hydrogens is 448 g/mol. The van der Waals surface area contributed by atoms with Crippen LogP contribution in [0.1, 0.15) is 60.5 Å². The lowest BCUT2D eigenvalue weighted by molar-refractivity contribution is -0.152. The number of ether oxygens (including phenoxy) is 1. The largest absolute Gasteiger partial charge is 0.466 e. The number of carbonyl (C=O) groups is 1. The molecule has 27 heavy (non-hydrogen) atoms. The lowest BCUT2D eigenvalue weighted by atomic mass is 9.67. The second-order valence-corrected chi connectivity index (χ2v) is 11.7. The Labute approximate surface area is 180 Å². The van der Waals surface area contributed by atoms with Gasteiger partial charge in [0.05, 0.1) is 17.5 Å². The van der Waals surface area contributed by atoms with E-state index in [0.29, 0.717) is 17.4 Å². The van der Waals surface area contributed by atoms with Crippen molar-refractivity contribution in [2.45, 2.75) is 65.0 Å². The molecule has 0 amide bonds. The Hall–Kier alpha value is -0.390. The van der Waals surface area contributed by atoms with Crippen LogP contribution in [0.3, 0.4) is 0 Å². The quantitative estimate of drug-likeness (QED) is 0.421. The van der Waals surface area contributed by atoms with Crippen LogP contribution in [0.5, 0.6) is 0 Å². The van der Waals surface area contributed by atoms with Crippen LogP contribution >= 0.6 is 27.5 Å². The fourth-order valence-electron chi connectivity index (χ4n) is 3.28. The molecule has 0 heterocycles. The van der Waals surface area contributed by atoms with Crippen LogP contribution < -0.4 is 0 Å². The maximum atomic E-state index is 13.1. The van der Waals surface area contributed by atoms with Crippen molar-refractivity contribution in [3.63, 3.8) is 0 Å². The first-order valence-corrected chi connectivity index (χ1v) is 11.9. The molecule has 0 fully saturated rings. The molecule has 0 saturated carbocycles. The third-order valence-electron chi connectivity index (χ3n) is 5.13. The van der Waals surface area contributed by atoms with Crippen molar-refractivity contribution >= 4 is 44.3 Å². The van der Waals surface area contributed by atoms with Gasteiger partial charge >= 0.3 is 5.97 Å². The number of carbonyl (C=O) groups excluding carboxylic acids is 1.